The summed E-state index contributed by atoms with van der Waals surface area (Å²) in [6.07, 6.45) is 0. The predicted molar refractivity (Wildman–Crippen MR) is 11.5 cm³/mol. The molecule has 0 rings (SSSR count). The standard InChI is InChI=1S/2Ba.4ClHO4/c;;4*2-1(3,4)5/h;;4*(H,2,3,4,5)/q2*+2;;;;/p-4. The summed E-state index contributed by atoms with van der Waals surface area (Å²) in [5.74, 6) is 0. The van der Waals surface area contributed by atoms with Crippen LogP contribution in [0.3, 0.4) is 0 Å². The normalized spacial score (nSPS) is 10.9. The van der Waals surface area contributed by atoms with E-state index in [1.807, 2.05) is 0 Å². The fourth-order valence-corrected chi connectivity index (χ4v) is 0. The molecule has 0 saturated carbocycles. The molecular formula is Ba2Cl4O16. The summed E-state index contributed by atoms with van der Waals surface area (Å²) in [7, 11) is -19.8. The zero-order valence-corrected chi connectivity index (χ0v) is 21.4. The largest absolute Gasteiger partial charge is 2.00 e. The van der Waals surface area contributed by atoms with Gasteiger partial charge in [0.15, 0.2) is 0 Å². The van der Waals surface area contributed by atoms with Crippen LogP contribution in [0.25, 0.3) is 0 Å². The van der Waals surface area contributed by atoms with Gasteiger partial charge in [-0.1, -0.05) is 0 Å². The fourth-order valence-electron chi connectivity index (χ4n) is 0. The topological polar surface area (TPSA) is 369 Å². The average molecular weight is 672 g/mol. The zero-order valence-electron chi connectivity index (χ0n) is 9.46. The molecule has 0 atom stereocenters. The molecule has 128 valence electrons. The molecule has 0 saturated heterocycles. The minimum Gasteiger partial charge on any atom is -0.222 e. The minimum absolute atomic E-state index is 0. The van der Waals surface area contributed by atoms with E-state index in [2.05, 4.69) is 0 Å². The first-order valence-corrected chi connectivity index (χ1v) is 7.41. The average Bonchev–Trinajstić information content (AvgIpc) is 1.62. The second-order valence-corrected chi connectivity index (χ2v) is 4.54. The molecule has 0 unspecified atom stereocenters. The molecule has 0 fully saturated rings. The summed E-state index contributed by atoms with van der Waals surface area (Å²) < 4.78 is 136. The van der Waals surface area contributed by atoms with Crippen LogP contribution in [-0.2, 0) is 0 Å². The van der Waals surface area contributed by atoms with E-state index in [1.165, 1.54) is 0 Å². The van der Waals surface area contributed by atoms with Crippen LogP contribution in [0.5, 0.6) is 0 Å². The van der Waals surface area contributed by atoms with Crippen molar-refractivity contribution in [1.82, 2.24) is 0 Å². The minimum atomic E-state index is -4.94. The summed E-state index contributed by atoms with van der Waals surface area (Å²) in [6, 6.07) is 0. The van der Waals surface area contributed by atoms with E-state index in [4.69, 9.17) is 74.5 Å². The maximum absolute atomic E-state index is 8.49. The maximum atomic E-state index is 8.49. The first-order chi connectivity index (χ1) is 8.00. The van der Waals surface area contributed by atoms with Crippen molar-refractivity contribution in [3.63, 3.8) is 0 Å². The molecule has 0 aromatic heterocycles. The van der Waals surface area contributed by atoms with Gasteiger partial charge in [0.2, 0.25) is 0 Å². The van der Waals surface area contributed by atoms with Gasteiger partial charge in [-0.25, -0.2) is 74.5 Å². The van der Waals surface area contributed by atoms with E-state index in [0.717, 1.165) is 0 Å². The molecule has 16 nitrogen and oxygen atoms in total. The molecule has 0 radical (unpaired) electrons. The van der Waals surface area contributed by atoms with Crippen LogP contribution in [0.4, 0.5) is 0 Å². The van der Waals surface area contributed by atoms with Crippen LogP contribution >= 0.6 is 0 Å². The van der Waals surface area contributed by atoms with Gasteiger partial charge in [-0.3, -0.25) is 0 Å². The third-order valence-electron chi connectivity index (χ3n) is 0. The van der Waals surface area contributed by atoms with E-state index >= 15 is 0 Å². The summed E-state index contributed by atoms with van der Waals surface area (Å²) >= 11 is 0. The Balaban J connectivity index is -0.0000000376. The van der Waals surface area contributed by atoms with Crippen LogP contribution < -0.4 is 74.5 Å². The molecule has 22 heteroatoms. The second-order valence-electron chi connectivity index (χ2n) is 1.51. The summed E-state index contributed by atoms with van der Waals surface area (Å²) in [5, 5.41) is 0. The zero-order chi connectivity index (χ0) is 18.0. The van der Waals surface area contributed by atoms with E-state index in [0.29, 0.717) is 0 Å². The first-order valence-electron chi connectivity index (χ1n) is 2.47. The van der Waals surface area contributed by atoms with E-state index in [-0.39, 0.29) is 97.8 Å². The number of hydrogen-bond acceptors (Lipinski definition) is 16. The third kappa shape index (κ3) is 906. The Labute approximate surface area is 209 Å². The molecule has 22 heavy (non-hydrogen) atoms. The van der Waals surface area contributed by atoms with Crippen molar-refractivity contribution >= 4 is 97.8 Å². The van der Waals surface area contributed by atoms with Gasteiger partial charge < -0.3 is 0 Å². The molecule has 0 aliphatic rings. The van der Waals surface area contributed by atoms with Gasteiger partial charge in [-0.15, -0.1) is 41.0 Å². The summed E-state index contributed by atoms with van der Waals surface area (Å²) in [4.78, 5) is 0. The van der Waals surface area contributed by atoms with E-state index in [1.54, 1.807) is 0 Å². The van der Waals surface area contributed by atoms with Crippen LogP contribution in [0.15, 0.2) is 0 Å². The maximum Gasteiger partial charge on any atom is 2.00 e. The Morgan fingerprint density at radius 3 is 0.227 bits per heavy atom. The fraction of sp³-hybridized carbons (Fsp3) is 0. The molecule has 0 aromatic carbocycles. The molecule has 0 bridgehead atoms. The van der Waals surface area contributed by atoms with Gasteiger partial charge in [0.25, 0.3) is 0 Å². The number of halogens is 4. The van der Waals surface area contributed by atoms with Crippen molar-refractivity contribution in [2.24, 2.45) is 0 Å². The smallest absolute Gasteiger partial charge is 0.222 e. The van der Waals surface area contributed by atoms with Gasteiger partial charge in [0.05, 0.1) is 0 Å². The van der Waals surface area contributed by atoms with Crippen molar-refractivity contribution in [3.05, 3.63) is 0 Å². The molecule has 0 heterocycles. The van der Waals surface area contributed by atoms with Crippen molar-refractivity contribution in [3.8, 4) is 0 Å². The van der Waals surface area contributed by atoms with Gasteiger partial charge in [-0.05, 0) is 0 Å². The molecule has 0 aromatic rings. The Bertz CT molecular complexity index is 134. The van der Waals surface area contributed by atoms with Crippen molar-refractivity contribution < 1.29 is 116 Å². The molecule has 0 aliphatic heterocycles. The summed E-state index contributed by atoms with van der Waals surface area (Å²) in [5.41, 5.74) is 0. The molecule has 0 N–H and O–H groups in total. The summed E-state index contributed by atoms with van der Waals surface area (Å²) in [6.45, 7) is 0. The number of hydrogen-bond donors (Lipinski definition) is 0. The molecule has 0 aliphatic carbocycles. The van der Waals surface area contributed by atoms with Crippen LogP contribution in [-0.4, -0.2) is 97.8 Å². The van der Waals surface area contributed by atoms with Crippen LogP contribution in [0.2, 0.25) is 0 Å². The van der Waals surface area contributed by atoms with Crippen LogP contribution in [0.1, 0.15) is 0 Å². The Kier molecular flexibility index (Phi) is 33.1. The van der Waals surface area contributed by atoms with E-state index < -0.39 is 41.0 Å². The van der Waals surface area contributed by atoms with Gasteiger partial charge in [0, 0.05) is 0 Å². The van der Waals surface area contributed by atoms with Gasteiger partial charge in [-0.2, -0.15) is 0 Å². The van der Waals surface area contributed by atoms with Gasteiger partial charge >= 0.3 is 97.8 Å². The third-order valence-corrected chi connectivity index (χ3v) is 0. The van der Waals surface area contributed by atoms with E-state index in [9.17, 15) is 0 Å². The molecule has 0 amide bonds. The Morgan fingerprint density at radius 2 is 0.227 bits per heavy atom. The van der Waals surface area contributed by atoms with Crippen molar-refractivity contribution in [2.45, 2.75) is 0 Å². The SMILES string of the molecule is [Ba+2].[Ba+2].[O-][Cl+3]([O-])([O-])[O-].[O-][Cl+3]([O-])([O-])[O-].[O-][Cl+3]([O-])([O-])[O-].[O-][Cl+3]([O-])([O-])[O-]. The second kappa shape index (κ2) is 18.0. The van der Waals surface area contributed by atoms with Crippen molar-refractivity contribution in [2.75, 3.05) is 0 Å². The van der Waals surface area contributed by atoms with Crippen molar-refractivity contribution in [1.29, 1.82) is 0 Å². The molecular weight excluding hydrogens is 672 g/mol. The van der Waals surface area contributed by atoms with Crippen LogP contribution in [0, 0.1) is 41.0 Å². The predicted octanol–water partition coefficient (Wildman–Crippen LogP) is -19.8. The quantitative estimate of drug-likeness (QED) is 0.215. The number of rotatable bonds is 0. The molecule has 0 spiro atoms. The Morgan fingerprint density at radius 1 is 0.227 bits per heavy atom. The van der Waals surface area contributed by atoms with Gasteiger partial charge in [0.1, 0.15) is 0 Å². The first kappa shape index (κ1) is 40.4. The monoisotopic (exact) mass is 672 g/mol. The Hall–Kier alpha value is 3.66.